The standard InChI is InChI=1S/C33H24NO.C11H8N.Ir/c1-33(2,3)29-10-6-9-28-26-14-12-21(19-30(26)35-32(28)29)31-27-16-15-23-22-8-5-4-7-20(22)11-13-24(23)25(27)17-18-34-31;1-2-6-10(7-3-1)11-8-4-5-9-12-11;/h4-11,13-19H,1-3H3;1-6,8-9H;/q2*-1;. The Morgan fingerprint density at radius 2 is 1.31 bits per heavy atom. The molecule has 0 bridgehead atoms. The van der Waals surface area contributed by atoms with Crippen LogP contribution in [0.1, 0.15) is 26.3 Å². The molecule has 4 heteroatoms. The number of furan rings is 1. The van der Waals surface area contributed by atoms with Gasteiger partial charge in [-0.05, 0) is 72.2 Å². The Morgan fingerprint density at radius 1 is 0.562 bits per heavy atom. The van der Waals surface area contributed by atoms with Crippen molar-refractivity contribution < 1.29 is 24.5 Å². The van der Waals surface area contributed by atoms with Gasteiger partial charge in [0.25, 0.3) is 0 Å². The largest absolute Gasteiger partial charge is 0.476 e. The summed E-state index contributed by atoms with van der Waals surface area (Å²) in [5, 5.41) is 9.58. The van der Waals surface area contributed by atoms with E-state index in [0.717, 1.165) is 49.8 Å². The van der Waals surface area contributed by atoms with Gasteiger partial charge in [-0.25, -0.2) is 0 Å². The summed E-state index contributed by atoms with van der Waals surface area (Å²) in [5.74, 6) is 0. The molecule has 0 saturated carbocycles. The average Bonchev–Trinajstić information content (AvgIpc) is 3.50. The van der Waals surface area contributed by atoms with Crippen molar-refractivity contribution in [2.45, 2.75) is 26.2 Å². The predicted octanol–water partition coefficient (Wildman–Crippen LogP) is 11.8. The van der Waals surface area contributed by atoms with E-state index >= 15 is 0 Å². The van der Waals surface area contributed by atoms with Crippen molar-refractivity contribution in [1.29, 1.82) is 0 Å². The molecule has 0 N–H and O–H groups in total. The van der Waals surface area contributed by atoms with Gasteiger partial charge in [-0.1, -0.05) is 111 Å². The first-order valence-corrected chi connectivity index (χ1v) is 15.9. The van der Waals surface area contributed by atoms with Crippen LogP contribution in [0.15, 0.2) is 144 Å². The summed E-state index contributed by atoms with van der Waals surface area (Å²) >= 11 is 0. The summed E-state index contributed by atoms with van der Waals surface area (Å²) in [5.41, 5.74) is 6.93. The molecule has 0 unspecified atom stereocenters. The molecule has 0 amide bonds. The fourth-order valence-corrected chi connectivity index (χ4v) is 6.51. The van der Waals surface area contributed by atoms with Gasteiger partial charge in [-0.3, -0.25) is 0 Å². The molecule has 48 heavy (non-hydrogen) atoms. The zero-order valence-corrected chi connectivity index (χ0v) is 29.3. The van der Waals surface area contributed by atoms with E-state index < -0.39 is 0 Å². The van der Waals surface area contributed by atoms with Crippen molar-refractivity contribution in [3.8, 4) is 22.5 Å². The van der Waals surface area contributed by atoms with Gasteiger partial charge >= 0.3 is 0 Å². The molecular weight excluding hydrogens is 765 g/mol. The first-order chi connectivity index (χ1) is 23.0. The van der Waals surface area contributed by atoms with E-state index in [4.69, 9.17) is 9.40 Å². The molecule has 0 spiro atoms. The summed E-state index contributed by atoms with van der Waals surface area (Å²) < 4.78 is 6.45. The third-order valence-corrected chi connectivity index (χ3v) is 8.81. The van der Waals surface area contributed by atoms with E-state index in [-0.39, 0.29) is 25.5 Å². The quantitative estimate of drug-likeness (QED) is 0.129. The summed E-state index contributed by atoms with van der Waals surface area (Å²) in [6, 6.07) is 50.4. The third kappa shape index (κ3) is 5.68. The van der Waals surface area contributed by atoms with Gasteiger partial charge in [0, 0.05) is 32.5 Å². The number of fused-ring (bicyclic) bond motifs is 8. The number of rotatable bonds is 2. The molecule has 235 valence electrons. The van der Waals surface area contributed by atoms with E-state index in [1.54, 1.807) is 6.20 Å². The van der Waals surface area contributed by atoms with Gasteiger partial charge in [-0.15, -0.1) is 53.6 Å². The number of nitrogens with zero attached hydrogens (tertiary/aromatic N) is 2. The van der Waals surface area contributed by atoms with Crippen molar-refractivity contribution in [3.63, 3.8) is 0 Å². The number of aromatic nitrogens is 2. The number of pyridine rings is 2. The van der Waals surface area contributed by atoms with E-state index in [0.29, 0.717) is 0 Å². The fraction of sp³-hybridized carbons (Fsp3) is 0.0909. The second-order valence-corrected chi connectivity index (χ2v) is 12.9. The number of hydrogen-bond acceptors (Lipinski definition) is 3. The van der Waals surface area contributed by atoms with E-state index in [1.165, 1.54) is 32.5 Å². The third-order valence-electron chi connectivity index (χ3n) is 8.81. The maximum atomic E-state index is 6.45. The van der Waals surface area contributed by atoms with Crippen LogP contribution in [0.4, 0.5) is 0 Å². The Morgan fingerprint density at radius 3 is 2.12 bits per heavy atom. The minimum atomic E-state index is 0. The van der Waals surface area contributed by atoms with Gasteiger partial charge in [0.05, 0.1) is 5.58 Å². The maximum Gasteiger partial charge on any atom is 0.127 e. The molecule has 3 nitrogen and oxygen atoms in total. The van der Waals surface area contributed by atoms with Gasteiger partial charge in [0.1, 0.15) is 5.58 Å². The van der Waals surface area contributed by atoms with Crippen molar-refractivity contribution in [2.24, 2.45) is 0 Å². The molecule has 9 aromatic rings. The number of benzene rings is 6. The predicted molar refractivity (Wildman–Crippen MR) is 196 cm³/mol. The Bertz CT molecular complexity index is 2510. The van der Waals surface area contributed by atoms with Crippen LogP contribution >= 0.6 is 0 Å². The summed E-state index contributed by atoms with van der Waals surface area (Å²) in [4.78, 5) is 9.01. The van der Waals surface area contributed by atoms with Gasteiger partial charge in [0.15, 0.2) is 0 Å². The molecule has 0 fully saturated rings. The normalized spacial score (nSPS) is 11.5. The molecule has 1 radical (unpaired) electrons. The van der Waals surface area contributed by atoms with Crippen molar-refractivity contribution in [3.05, 3.63) is 157 Å². The molecule has 3 heterocycles. The molecule has 0 saturated heterocycles. The first kappa shape index (κ1) is 31.4. The minimum Gasteiger partial charge on any atom is -0.476 e. The van der Waals surface area contributed by atoms with E-state index in [1.807, 2.05) is 48.7 Å². The van der Waals surface area contributed by atoms with E-state index in [9.17, 15) is 0 Å². The van der Waals surface area contributed by atoms with Crippen LogP contribution in [-0.2, 0) is 25.5 Å². The Labute approximate surface area is 293 Å². The summed E-state index contributed by atoms with van der Waals surface area (Å²) in [6.07, 6.45) is 3.69. The zero-order valence-electron chi connectivity index (χ0n) is 26.9. The second kappa shape index (κ2) is 12.8. The Kier molecular flexibility index (Phi) is 8.39. The van der Waals surface area contributed by atoms with Crippen LogP contribution in [0.25, 0.3) is 76.8 Å². The Hall–Kier alpha value is -5.15. The smallest absolute Gasteiger partial charge is 0.127 e. The van der Waals surface area contributed by atoms with Crippen molar-refractivity contribution >= 4 is 54.3 Å². The topological polar surface area (TPSA) is 38.9 Å². The van der Waals surface area contributed by atoms with Gasteiger partial charge in [-0.2, -0.15) is 0 Å². The Balaban J connectivity index is 0.000000237. The summed E-state index contributed by atoms with van der Waals surface area (Å²) in [7, 11) is 0. The van der Waals surface area contributed by atoms with Gasteiger partial charge in [0.2, 0.25) is 0 Å². The molecule has 9 rings (SSSR count). The van der Waals surface area contributed by atoms with Crippen LogP contribution in [0.3, 0.4) is 0 Å². The van der Waals surface area contributed by atoms with Crippen LogP contribution in [0.2, 0.25) is 0 Å². The van der Waals surface area contributed by atoms with Crippen LogP contribution < -0.4 is 0 Å². The second-order valence-electron chi connectivity index (χ2n) is 12.9. The fourth-order valence-electron chi connectivity index (χ4n) is 6.51. The van der Waals surface area contributed by atoms with Crippen molar-refractivity contribution in [1.82, 2.24) is 9.97 Å². The minimum absolute atomic E-state index is 0. The molecule has 0 aliphatic carbocycles. The molecule has 0 aliphatic heterocycles. The SMILES string of the molecule is CC(C)(C)c1cccc2c1oc1cc(-c3nccc4c3ccc3c5ccccc5ccc43)[c-]cc12.[Ir].[c-]1ccccc1-c1ccccn1. The van der Waals surface area contributed by atoms with Crippen LogP contribution in [-0.4, -0.2) is 9.97 Å². The number of hydrogen-bond donors (Lipinski definition) is 0. The molecule has 6 aromatic carbocycles. The van der Waals surface area contributed by atoms with E-state index in [2.05, 4.69) is 123 Å². The molecule has 0 aliphatic rings. The molecule has 3 aromatic heterocycles. The maximum absolute atomic E-state index is 6.45. The number of para-hydroxylation sites is 1. The monoisotopic (exact) mass is 797 g/mol. The summed E-state index contributed by atoms with van der Waals surface area (Å²) in [6.45, 7) is 6.67. The van der Waals surface area contributed by atoms with Crippen LogP contribution in [0.5, 0.6) is 0 Å². The zero-order chi connectivity index (χ0) is 32.0. The van der Waals surface area contributed by atoms with Crippen LogP contribution in [0, 0.1) is 12.1 Å². The molecule has 0 atom stereocenters. The average molecular weight is 797 g/mol. The van der Waals surface area contributed by atoms with Gasteiger partial charge < -0.3 is 14.4 Å². The first-order valence-electron chi connectivity index (χ1n) is 15.9. The van der Waals surface area contributed by atoms with Crippen molar-refractivity contribution in [2.75, 3.05) is 0 Å². The molecular formula is C44H32IrN2O-2.